The van der Waals surface area contributed by atoms with Crippen LogP contribution in [0, 0.1) is 0 Å². The summed E-state index contributed by atoms with van der Waals surface area (Å²) in [6, 6.07) is 11.4. The van der Waals surface area contributed by atoms with Crippen molar-refractivity contribution in [3.63, 3.8) is 0 Å². The third kappa shape index (κ3) is 3.42. The summed E-state index contributed by atoms with van der Waals surface area (Å²) in [7, 11) is 1.81. The van der Waals surface area contributed by atoms with E-state index in [1.807, 2.05) is 24.3 Å². The van der Waals surface area contributed by atoms with Crippen molar-refractivity contribution in [1.29, 1.82) is 0 Å². The highest BCUT2D eigenvalue weighted by Crippen LogP contribution is 2.32. The quantitative estimate of drug-likeness (QED) is 0.469. The molecule has 146 valence electrons. The minimum Gasteiger partial charge on any atom is -0.349 e. The second-order valence-corrected chi connectivity index (χ2v) is 7.47. The van der Waals surface area contributed by atoms with Gasteiger partial charge in [-0.3, -0.25) is 9.89 Å². The van der Waals surface area contributed by atoms with E-state index in [2.05, 4.69) is 30.9 Å². The molecule has 8 nitrogen and oxygen atoms in total. The lowest BCUT2D eigenvalue weighted by atomic mass is 10.1. The zero-order chi connectivity index (χ0) is 20.0. The molecule has 0 unspecified atom stereocenters. The van der Waals surface area contributed by atoms with Crippen LogP contribution in [0.2, 0.25) is 5.02 Å². The lowest BCUT2D eigenvalue weighted by Crippen LogP contribution is -2.25. The van der Waals surface area contributed by atoms with Gasteiger partial charge in [-0.1, -0.05) is 23.7 Å². The number of amides is 1. The monoisotopic (exact) mass is 407 g/mol. The van der Waals surface area contributed by atoms with Crippen LogP contribution in [-0.2, 0) is 7.05 Å². The highest BCUT2D eigenvalue weighted by atomic mass is 35.5. The molecule has 5 rings (SSSR count). The van der Waals surface area contributed by atoms with Crippen LogP contribution in [0.5, 0.6) is 0 Å². The number of benzene rings is 2. The number of halogens is 1. The Kier molecular flexibility index (Phi) is 4.21. The van der Waals surface area contributed by atoms with E-state index >= 15 is 0 Å². The first-order chi connectivity index (χ1) is 14.1. The third-order valence-electron chi connectivity index (χ3n) is 4.89. The molecule has 0 saturated heterocycles. The van der Waals surface area contributed by atoms with Gasteiger partial charge in [0.05, 0.1) is 22.4 Å². The SMILES string of the molecule is Cn1nc(-c2ccc(C(=O)NC3CC3)cc2)nc1Nc1ccc2[nH]ncc2c1Cl. The maximum absolute atomic E-state index is 12.1. The van der Waals surface area contributed by atoms with Crippen molar-refractivity contribution in [3.05, 3.63) is 53.2 Å². The number of nitrogens with zero attached hydrogens (tertiary/aromatic N) is 4. The van der Waals surface area contributed by atoms with Crippen molar-refractivity contribution in [3.8, 4) is 11.4 Å². The summed E-state index contributed by atoms with van der Waals surface area (Å²) in [6.07, 6.45) is 3.82. The topological polar surface area (TPSA) is 101 Å². The van der Waals surface area contributed by atoms with E-state index < -0.39 is 0 Å². The molecule has 0 aliphatic heterocycles. The number of aromatic amines is 1. The molecule has 0 bridgehead atoms. The van der Waals surface area contributed by atoms with Gasteiger partial charge in [-0.2, -0.15) is 10.1 Å². The van der Waals surface area contributed by atoms with Gasteiger partial charge in [0.15, 0.2) is 5.82 Å². The molecule has 1 fully saturated rings. The van der Waals surface area contributed by atoms with Crippen molar-refractivity contribution in [1.82, 2.24) is 30.3 Å². The number of carbonyl (C=O) groups excluding carboxylic acids is 1. The fourth-order valence-corrected chi connectivity index (χ4v) is 3.34. The highest BCUT2D eigenvalue weighted by molar-refractivity contribution is 6.38. The van der Waals surface area contributed by atoms with E-state index in [9.17, 15) is 4.79 Å². The molecule has 0 atom stereocenters. The highest BCUT2D eigenvalue weighted by Gasteiger charge is 2.23. The molecule has 4 aromatic rings. The van der Waals surface area contributed by atoms with Gasteiger partial charge < -0.3 is 10.6 Å². The molecule has 3 N–H and O–H groups in total. The summed E-state index contributed by atoms with van der Waals surface area (Å²) in [5.74, 6) is 1.07. The first-order valence-electron chi connectivity index (χ1n) is 9.29. The molecule has 9 heteroatoms. The summed E-state index contributed by atoms with van der Waals surface area (Å²) in [5, 5.41) is 19.0. The van der Waals surface area contributed by atoms with E-state index in [0.29, 0.717) is 28.4 Å². The van der Waals surface area contributed by atoms with Crippen molar-refractivity contribution >= 4 is 40.0 Å². The van der Waals surface area contributed by atoms with Crippen LogP contribution in [0.25, 0.3) is 22.3 Å². The van der Waals surface area contributed by atoms with Gasteiger partial charge in [-0.05, 0) is 37.1 Å². The number of fused-ring (bicyclic) bond motifs is 1. The van der Waals surface area contributed by atoms with Gasteiger partial charge in [0.25, 0.3) is 5.91 Å². The number of anilines is 2. The van der Waals surface area contributed by atoms with E-state index in [0.717, 1.165) is 35.0 Å². The molecule has 2 aromatic carbocycles. The lowest BCUT2D eigenvalue weighted by Gasteiger charge is -2.07. The molecular formula is C20H18ClN7O. The van der Waals surface area contributed by atoms with Gasteiger partial charge >= 0.3 is 0 Å². The van der Waals surface area contributed by atoms with Crippen molar-refractivity contribution < 1.29 is 4.79 Å². The minimum absolute atomic E-state index is 0.0420. The second-order valence-electron chi connectivity index (χ2n) is 7.09. The zero-order valence-corrected chi connectivity index (χ0v) is 16.4. The molecule has 1 saturated carbocycles. The Labute approximate surface area is 171 Å². The molecule has 1 aliphatic rings. The van der Waals surface area contributed by atoms with Crippen LogP contribution < -0.4 is 10.6 Å². The minimum atomic E-state index is -0.0420. The number of H-pyrrole nitrogens is 1. The number of rotatable bonds is 5. The van der Waals surface area contributed by atoms with E-state index in [1.54, 1.807) is 30.1 Å². The Bertz CT molecular complexity index is 1210. The molecule has 1 amide bonds. The van der Waals surface area contributed by atoms with Crippen LogP contribution in [0.15, 0.2) is 42.6 Å². The Balaban J connectivity index is 1.38. The first kappa shape index (κ1) is 17.7. The summed E-state index contributed by atoms with van der Waals surface area (Å²) in [4.78, 5) is 16.7. The van der Waals surface area contributed by atoms with Gasteiger partial charge in [-0.15, -0.1) is 5.10 Å². The number of hydrogen-bond acceptors (Lipinski definition) is 5. The van der Waals surface area contributed by atoms with Gasteiger partial charge in [0.1, 0.15) is 0 Å². The largest absolute Gasteiger partial charge is 0.349 e. The van der Waals surface area contributed by atoms with Crippen molar-refractivity contribution in [2.75, 3.05) is 5.32 Å². The standard InChI is InChI=1S/C20H18ClN7O/c1-28-20(24-16-9-8-15-14(17(16)21)10-22-26-15)25-18(27-28)11-2-4-12(5-3-11)19(29)23-13-6-7-13/h2-5,8-10,13H,6-7H2,1H3,(H,22,26)(H,23,29)(H,24,25,27). The molecule has 0 spiro atoms. The average Bonchev–Trinajstić information content (AvgIpc) is 3.27. The number of aryl methyl sites for hydroxylation is 1. The summed E-state index contributed by atoms with van der Waals surface area (Å²) >= 11 is 6.48. The normalized spacial score (nSPS) is 13.6. The van der Waals surface area contributed by atoms with E-state index in [4.69, 9.17) is 11.6 Å². The summed E-state index contributed by atoms with van der Waals surface area (Å²) in [5.41, 5.74) is 3.04. The Hall–Kier alpha value is -3.39. The zero-order valence-electron chi connectivity index (χ0n) is 15.6. The first-order valence-corrected chi connectivity index (χ1v) is 9.67. The van der Waals surface area contributed by atoms with Gasteiger partial charge in [0.2, 0.25) is 5.95 Å². The van der Waals surface area contributed by atoms with Crippen LogP contribution >= 0.6 is 11.6 Å². The molecule has 1 aliphatic carbocycles. The van der Waals surface area contributed by atoms with Gasteiger partial charge in [-0.25, -0.2) is 4.68 Å². The van der Waals surface area contributed by atoms with Crippen LogP contribution in [0.4, 0.5) is 11.6 Å². The fraction of sp³-hybridized carbons (Fsp3) is 0.200. The smallest absolute Gasteiger partial charge is 0.251 e. The van der Waals surface area contributed by atoms with Crippen molar-refractivity contribution in [2.45, 2.75) is 18.9 Å². The number of hydrogen-bond donors (Lipinski definition) is 3. The number of nitrogens with one attached hydrogen (secondary N) is 3. The summed E-state index contributed by atoms with van der Waals surface area (Å²) < 4.78 is 1.65. The molecule has 2 aromatic heterocycles. The predicted octanol–water partition coefficient (Wildman–Crippen LogP) is 3.65. The average molecular weight is 408 g/mol. The number of carbonyl (C=O) groups is 1. The second kappa shape index (κ2) is 6.89. The Morgan fingerprint density at radius 2 is 2.00 bits per heavy atom. The van der Waals surface area contributed by atoms with E-state index in [-0.39, 0.29) is 5.91 Å². The van der Waals surface area contributed by atoms with Crippen LogP contribution in [-0.4, -0.2) is 36.9 Å². The fourth-order valence-electron chi connectivity index (χ4n) is 3.08. The lowest BCUT2D eigenvalue weighted by molar-refractivity contribution is 0.0951. The Morgan fingerprint density at radius 3 is 2.76 bits per heavy atom. The molecule has 29 heavy (non-hydrogen) atoms. The Morgan fingerprint density at radius 1 is 1.21 bits per heavy atom. The molecule has 2 heterocycles. The third-order valence-corrected chi connectivity index (χ3v) is 5.29. The van der Waals surface area contributed by atoms with Crippen LogP contribution in [0.3, 0.4) is 0 Å². The van der Waals surface area contributed by atoms with Crippen LogP contribution in [0.1, 0.15) is 23.2 Å². The summed E-state index contributed by atoms with van der Waals surface area (Å²) in [6.45, 7) is 0. The molecule has 0 radical (unpaired) electrons. The van der Waals surface area contributed by atoms with E-state index in [1.165, 1.54) is 0 Å². The number of aromatic nitrogens is 5. The maximum atomic E-state index is 12.1. The van der Waals surface area contributed by atoms with Gasteiger partial charge in [0, 0.05) is 29.6 Å². The predicted molar refractivity (Wildman–Crippen MR) is 111 cm³/mol. The molecular weight excluding hydrogens is 390 g/mol. The van der Waals surface area contributed by atoms with Crippen molar-refractivity contribution in [2.24, 2.45) is 7.05 Å². The maximum Gasteiger partial charge on any atom is 0.251 e.